The van der Waals surface area contributed by atoms with Crippen LogP contribution < -0.4 is 0 Å². The fraction of sp³-hybridized carbons (Fsp3) is 1.00. The minimum Gasteiger partial charge on any atom is -0.301 e. The van der Waals surface area contributed by atoms with E-state index < -0.39 is 0 Å². The molecule has 1 saturated heterocycles. The first-order chi connectivity index (χ1) is 5.24. The van der Waals surface area contributed by atoms with Crippen LogP contribution in [-0.2, 0) is 0 Å². The first kappa shape index (κ1) is 9.05. The molecule has 0 aliphatic carbocycles. The molecule has 11 heavy (non-hydrogen) atoms. The van der Waals surface area contributed by atoms with Crippen LogP contribution in [0.15, 0.2) is 0 Å². The summed E-state index contributed by atoms with van der Waals surface area (Å²) in [5.41, 5.74) is 0. The average molecular weight is 155 g/mol. The molecule has 1 fully saturated rings. The Labute approximate surface area is 70.8 Å². The minimum atomic E-state index is 0.874. The summed E-state index contributed by atoms with van der Waals surface area (Å²) in [6.45, 7) is 9.64. The van der Waals surface area contributed by atoms with Crippen LogP contribution in [0.25, 0.3) is 0 Å². The van der Waals surface area contributed by atoms with Gasteiger partial charge in [-0.15, -0.1) is 0 Å². The van der Waals surface area contributed by atoms with Gasteiger partial charge in [0.15, 0.2) is 0 Å². The van der Waals surface area contributed by atoms with E-state index in [2.05, 4.69) is 25.7 Å². The Morgan fingerprint density at radius 3 is 2.64 bits per heavy atom. The molecule has 1 rings (SSSR count). The molecule has 0 amide bonds. The maximum Gasteiger partial charge on any atom is 0.00791 e. The second-order valence-corrected chi connectivity index (χ2v) is 3.98. The van der Waals surface area contributed by atoms with Crippen molar-refractivity contribution >= 4 is 0 Å². The lowest BCUT2D eigenvalue weighted by Gasteiger charge is -2.39. The number of rotatable bonds is 4. The van der Waals surface area contributed by atoms with Crippen LogP contribution in [0.5, 0.6) is 0 Å². The number of nitrogens with zero attached hydrogens (tertiary/aromatic N) is 1. The smallest absolute Gasteiger partial charge is 0.00791 e. The van der Waals surface area contributed by atoms with Crippen LogP contribution in [0.3, 0.4) is 0 Å². The highest BCUT2D eigenvalue weighted by Crippen LogP contribution is 2.18. The third kappa shape index (κ3) is 2.48. The van der Waals surface area contributed by atoms with E-state index in [1.165, 1.54) is 32.4 Å². The van der Waals surface area contributed by atoms with Gasteiger partial charge >= 0.3 is 0 Å². The van der Waals surface area contributed by atoms with Crippen LogP contribution in [0.4, 0.5) is 0 Å². The molecule has 0 aromatic heterocycles. The second-order valence-electron chi connectivity index (χ2n) is 3.98. The number of hydrogen-bond donors (Lipinski definition) is 0. The molecule has 1 nitrogen and oxygen atoms in total. The van der Waals surface area contributed by atoms with Crippen molar-refractivity contribution in [3.8, 4) is 0 Å². The van der Waals surface area contributed by atoms with Crippen LogP contribution in [0.1, 0.15) is 40.0 Å². The van der Waals surface area contributed by atoms with E-state index in [1.54, 1.807) is 0 Å². The molecule has 66 valence electrons. The van der Waals surface area contributed by atoms with Crippen molar-refractivity contribution in [2.75, 3.05) is 13.1 Å². The van der Waals surface area contributed by atoms with E-state index in [-0.39, 0.29) is 0 Å². The van der Waals surface area contributed by atoms with Crippen LogP contribution in [0.2, 0.25) is 0 Å². The lowest BCUT2D eigenvalue weighted by Crippen LogP contribution is -2.46. The summed E-state index contributed by atoms with van der Waals surface area (Å²) in [6, 6.07) is 0.874. The SMILES string of the molecule is CCC(C)CCN1CCC1C. The van der Waals surface area contributed by atoms with Crippen molar-refractivity contribution in [1.82, 2.24) is 4.90 Å². The molecule has 0 bridgehead atoms. The summed E-state index contributed by atoms with van der Waals surface area (Å²) < 4.78 is 0. The summed E-state index contributed by atoms with van der Waals surface area (Å²) in [4.78, 5) is 2.59. The molecule has 0 spiro atoms. The molecule has 1 aliphatic rings. The van der Waals surface area contributed by atoms with E-state index in [0.29, 0.717) is 0 Å². The van der Waals surface area contributed by atoms with Crippen molar-refractivity contribution in [1.29, 1.82) is 0 Å². The molecule has 2 atom stereocenters. The van der Waals surface area contributed by atoms with E-state index in [1.807, 2.05) is 0 Å². The van der Waals surface area contributed by atoms with Crippen molar-refractivity contribution in [2.24, 2.45) is 5.92 Å². The Bertz CT molecular complexity index is 111. The number of likely N-dealkylation sites (tertiary alicyclic amines) is 1. The Morgan fingerprint density at radius 2 is 2.27 bits per heavy atom. The summed E-state index contributed by atoms with van der Waals surface area (Å²) in [7, 11) is 0. The molecular weight excluding hydrogens is 134 g/mol. The summed E-state index contributed by atoms with van der Waals surface area (Å²) >= 11 is 0. The fourth-order valence-electron chi connectivity index (χ4n) is 1.49. The summed E-state index contributed by atoms with van der Waals surface area (Å²) in [6.07, 6.45) is 4.14. The molecule has 0 saturated carbocycles. The van der Waals surface area contributed by atoms with E-state index in [9.17, 15) is 0 Å². The van der Waals surface area contributed by atoms with Gasteiger partial charge in [-0.05, 0) is 38.8 Å². The normalized spacial score (nSPS) is 28.1. The van der Waals surface area contributed by atoms with Gasteiger partial charge in [0.05, 0.1) is 0 Å². The lowest BCUT2D eigenvalue weighted by molar-refractivity contribution is 0.0973. The predicted octanol–water partition coefficient (Wildman–Crippen LogP) is 2.52. The molecule has 1 aliphatic heterocycles. The molecule has 0 aromatic rings. The Hall–Kier alpha value is -0.0400. The highest BCUT2D eigenvalue weighted by Gasteiger charge is 2.22. The Balaban J connectivity index is 2.02. The average Bonchev–Trinajstić information content (AvgIpc) is 2.01. The largest absolute Gasteiger partial charge is 0.301 e. The summed E-state index contributed by atoms with van der Waals surface area (Å²) in [5.74, 6) is 0.919. The van der Waals surface area contributed by atoms with Crippen molar-refractivity contribution < 1.29 is 0 Å². The van der Waals surface area contributed by atoms with Gasteiger partial charge in [0.1, 0.15) is 0 Å². The molecule has 0 aromatic carbocycles. The highest BCUT2D eigenvalue weighted by atomic mass is 15.2. The van der Waals surface area contributed by atoms with Gasteiger partial charge in [-0.2, -0.15) is 0 Å². The topological polar surface area (TPSA) is 3.24 Å². The fourth-order valence-corrected chi connectivity index (χ4v) is 1.49. The summed E-state index contributed by atoms with van der Waals surface area (Å²) in [5, 5.41) is 0. The third-order valence-electron chi connectivity index (χ3n) is 3.06. The molecular formula is C10H21N. The zero-order chi connectivity index (χ0) is 8.27. The van der Waals surface area contributed by atoms with E-state index >= 15 is 0 Å². The quantitative estimate of drug-likeness (QED) is 0.603. The first-order valence-corrected chi connectivity index (χ1v) is 4.98. The van der Waals surface area contributed by atoms with E-state index in [0.717, 1.165) is 12.0 Å². The third-order valence-corrected chi connectivity index (χ3v) is 3.06. The molecule has 1 heterocycles. The molecule has 1 heteroatoms. The Morgan fingerprint density at radius 1 is 1.55 bits per heavy atom. The van der Waals surface area contributed by atoms with Crippen LogP contribution >= 0.6 is 0 Å². The van der Waals surface area contributed by atoms with Gasteiger partial charge in [0.2, 0.25) is 0 Å². The van der Waals surface area contributed by atoms with Crippen molar-refractivity contribution in [3.63, 3.8) is 0 Å². The zero-order valence-electron chi connectivity index (χ0n) is 8.14. The van der Waals surface area contributed by atoms with Gasteiger partial charge in [-0.1, -0.05) is 20.3 Å². The zero-order valence-corrected chi connectivity index (χ0v) is 8.14. The van der Waals surface area contributed by atoms with Crippen molar-refractivity contribution in [2.45, 2.75) is 46.1 Å². The molecule has 0 radical (unpaired) electrons. The minimum absolute atomic E-state index is 0.874. The predicted molar refractivity (Wildman–Crippen MR) is 49.7 cm³/mol. The highest BCUT2D eigenvalue weighted by molar-refractivity contribution is 4.78. The van der Waals surface area contributed by atoms with Gasteiger partial charge in [0, 0.05) is 6.04 Å². The van der Waals surface area contributed by atoms with Crippen LogP contribution in [0, 0.1) is 5.92 Å². The van der Waals surface area contributed by atoms with Gasteiger partial charge < -0.3 is 4.90 Å². The van der Waals surface area contributed by atoms with Gasteiger partial charge in [-0.25, -0.2) is 0 Å². The van der Waals surface area contributed by atoms with Gasteiger partial charge in [-0.3, -0.25) is 0 Å². The Kier molecular flexibility index (Phi) is 3.38. The first-order valence-electron chi connectivity index (χ1n) is 4.98. The standard InChI is InChI=1S/C10H21N/c1-4-9(2)5-7-11-8-6-10(11)3/h9-10H,4-8H2,1-3H3. The number of hydrogen-bond acceptors (Lipinski definition) is 1. The van der Waals surface area contributed by atoms with E-state index in [4.69, 9.17) is 0 Å². The van der Waals surface area contributed by atoms with Crippen LogP contribution in [-0.4, -0.2) is 24.0 Å². The lowest BCUT2D eigenvalue weighted by atomic mass is 10.0. The molecule has 2 unspecified atom stereocenters. The van der Waals surface area contributed by atoms with Crippen molar-refractivity contribution in [3.05, 3.63) is 0 Å². The second kappa shape index (κ2) is 4.10. The monoisotopic (exact) mass is 155 g/mol. The molecule has 0 N–H and O–H groups in total. The maximum absolute atomic E-state index is 2.59. The maximum atomic E-state index is 2.59. The van der Waals surface area contributed by atoms with Gasteiger partial charge in [0.25, 0.3) is 0 Å².